The van der Waals surface area contributed by atoms with Gasteiger partial charge in [0.25, 0.3) is 0 Å². The van der Waals surface area contributed by atoms with Gasteiger partial charge in [0.05, 0.1) is 0 Å². The Labute approximate surface area is 163 Å². The molecule has 10 heteroatoms. The van der Waals surface area contributed by atoms with Crippen LogP contribution in [0.25, 0.3) is 0 Å². The first-order valence-corrected chi connectivity index (χ1v) is 7.69. The van der Waals surface area contributed by atoms with Gasteiger partial charge in [0.2, 0.25) is 0 Å². The van der Waals surface area contributed by atoms with E-state index in [1.807, 2.05) is 0 Å². The summed E-state index contributed by atoms with van der Waals surface area (Å²) in [6, 6.07) is 0. The van der Waals surface area contributed by atoms with Gasteiger partial charge in [0.15, 0.2) is 6.10 Å². The van der Waals surface area contributed by atoms with Crippen LogP contribution in [-0.4, -0.2) is 74.9 Å². The molecular weight excluding hydrogens is 331 g/mol. The molecule has 7 N–H and O–H groups in total. The molecule has 0 fully saturated rings. The Kier molecular flexibility index (Phi) is 16.3. The predicted octanol–water partition coefficient (Wildman–Crippen LogP) is -5.42. The van der Waals surface area contributed by atoms with Crippen molar-refractivity contribution in [3.8, 4) is 0 Å². The van der Waals surface area contributed by atoms with Crippen molar-refractivity contribution in [2.75, 3.05) is 13.1 Å². The molecule has 136 valence electrons. The molecule has 0 aromatic heterocycles. The number of aliphatic hydroxyl groups is 4. The van der Waals surface area contributed by atoms with Crippen molar-refractivity contribution in [3.05, 3.63) is 0 Å². The maximum absolute atomic E-state index is 11.5. The zero-order valence-corrected chi connectivity index (χ0v) is 16.0. The van der Waals surface area contributed by atoms with Crippen LogP contribution in [0.5, 0.6) is 0 Å². The molecule has 0 aliphatic heterocycles. The number of nitrogens with two attached hydrogens (primary N) is 1. The minimum absolute atomic E-state index is 0. The quantitative estimate of drug-likeness (QED) is 0.0816. The van der Waals surface area contributed by atoms with E-state index in [1.54, 1.807) is 0 Å². The zero-order valence-electron chi connectivity index (χ0n) is 14.0. The van der Waals surface area contributed by atoms with Crippen molar-refractivity contribution in [1.82, 2.24) is 0 Å². The fraction of sp³-hybridized carbons (Fsp3) is 0.857. The van der Waals surface area contributed by atoms with Crippen molar-refractivity contribution >= 4 is 11.9 Å². The summed E-state index contributed by atoms with van der Waals surface area (Å²) >= 11 is 0. The second-order valence-electron chi connectivity index (χ2n) is 5.34. The van der Waals surface area contributed by atoms with Crippen LogP contribution in [0.3, 0.4) is 0 Å². The SMILES string of the molecule is NCCCCCCCCN=C([O-])[C@@H](O)[C@@H](O)[C@H](O)[C@@H](O)C(=O)O.[Na+]. The third-order valence-corrected chi connectivity index (χ3v) is 3.38. The molecule has 0 amide bonds. The first-order chi connectivity index (χ1) is 10.8. The standard InChI is InChI=1S/C14H28N2O7.Na/c15-7-5-3-1-2-4-6-8-16-13(21)11(19)9(17)10(18)12(20)14(22)23;/h9-12,17-20H,1-8,15H2,(H,16,21)(H,22,23);/q;+1/p-1/t9-,10-,11-,12+;/m0./s1. The fourth-order valence-corrected chi connectivity index (χ4v) is 1.91. The molecule has 0 rings (SSSR count). The number of aliphatic hydroxyl groups excluding tert-OH is 4. The first-order valence-electron chi connectivity index (χ1n) is 7.69. The Morgan fingerprint density at radius 1 is 0.917 bits per heavy atom. The average molecular weight is 358 g/mol. The number of unbranched alkanes of at least 4 members (excludes halogenated alkanes) is 5. The molecule has 0 bridgehead atoms. The summed E-state index contributed by atoms with van der Waals surface area (Å²) in [6.45, 7) is 0.837. The molecule has 0 aliphatic carbocycles. The summed E-state index contributed by atoms with van der Waals surface area (Å²) in [7, 11) is 0. The van der Waals surface area contributed by atoms with Crippen molar-refractivity contribution < 1.29 is 65.0 Å². The van der Waals surface area contributed by atoms with Gasteiger partial charge in [-0.2, -0.15) is 0 Å². The number of aliphatic carboxylic acids is 1. The summed E-state index contributed by atoms with van der Waals surface area (Å²) in [5.41, 5.74) is 5.37. The van der Waals surface area contributed by atoms with E-state index >= 15 is 0 Å². The predicted molar refractivity (Wildman–Crippen MR) is 80.7 cm³/mol. The summed E-state index contributed by atoms with van der Waals surface area (Å²) in [4.78, 5) is 14.0. The van der Waals surface area contributed by atoms with E-state index in [0.29, 0.717) is 13.0 Å². The number of aliphatic imine (C=N–C) groups is 1. The second-order valence-corrected chi connectivity index (χ2v) is 5.34. The van der Waals surface area contributed by atoms with Gasteiger partial charge in [-0.25, -0.2) is 4.79 Å². The van der Waals surface area contributed by atoms with Crippen molar-refractivity contribution in [1.29, 1.82) is 0 Å². The fourth-order valence-electron chi connectivity index (χ4n) is 1.91. The van der Waals surface area contributed by atoms with Crippen LogP contribution in [-0.2, 0) is 4.79 Å². The minimum atomic E-state index is -2.30. The Morgan fingerprint density at radius 3 is 1.88 bits per heavy atom. The van der Waals surface area contributed by atoms with E-state index in [4.69, 9.17) is 15.9 Å². The van der Waals surface area contributed by atoms with Gasteiger partial charge >= 0.3 is 35.5 Å². The third-order valence-electron chi connectivity index (χ3n) is 3.38. The van der Waals surface area contributed by atoms with Crippen molar-refractivity contribution in [3.63, 3.8) is 0 Å². The normalized spacial score (nSPS) is 16.8. The van der Waals surface area contributed by atoms with Crippen LogP contribution in [0.1, 0.15) is 38.5 Å². The molecule has 9 nitrogen and oxygen atoms in total. The smallest absolute Gasteiger partial charge is 0.860 e. The Balaban J connectivity index is 0. The molecule has 0 spiro atoms. The molecule has 0 aliphatic rings. The van der Waals surface area contributed by atoms with Crippen LogP contribution >= 0.6 is 0 Å². The van der Waals surface area contributed by atoms with Crippen molar-refractivity contribution in [2.45, 2.75) is 62.9 Å². The number of nitrogens with zero attached hydrogens (tertiary/aromatic N) is 1. The summed E-state index contributed by atoms with van der Waals surface area (Å²) < 4.78 is 0. The summed E-state index contributed by atoms with van der Waals surface area (Å²) in [5, 5.41) is 57.4. The van der Waals surface area contributed by atoms with Gasteiger partial charge in [-0.1, -0.05) is 25.7 Å². The van der Waals surface area contributed by atoms with Gasteiger partial charge < -0.3 is 41.4 Å². The van der Waals surface area contributed by atoms with Crippen LogP contribution in [0, 0.1) is 0 Å². The van der Waals surface area contributed by atoms with E-state index < -0.39 is 36.3 Å². The van der Waals surface area contributed by atoms with Crippen LogP contribution in [0.4, 0.5) is 0 Å². The maximum atomic E-state index is 11.5. The van der Waals surface area contributed by atoms with Gasteiger partial charge in [0, 0.05) is 6.54 Å². The third kappa shape index (κ3) is 10.6. The molecule has 0 heterocycles. The van der Waals surface area contributed by atoms with Crippen LogP contribution in [0.15, 0.2) is 4.99 Å². The second kappa shape index (κ2) is 15.0. The van der Waals surface area contributed by atoms with E-state index in [0.717, 1.165) is 32.1 Å². The van der Waals surface area contributed by atoms with E-state index in [1.165, 1.54) is 0 Å². The van der Waals surface area contributed by atoms with Gasteiger partial charge in [-0.15, -0.1) is 0 Å². The van der Waals surface area contributed by atoms with Gasteiger partial charge in [-0.3, -0.25) is 0 Å². The average Bonchev–Trinajstić information content (AvgIpc) is 2.54. The van der Waals surface area contributed by atoms with E-state index in [9.17, 15) is 25.2 Å². The topological polar surface area (TPSA) is 180 Å². The number of carboxylic acid groups (broad SMARTS) is 1. The largest absolute Gasteiger partial charge is 1.00 e. The molecule has 0 saturated heterocycles. The van der Waals surface area contributed by atoms with Crippen LogP contribution < -0.4 is 40.4 Å². The van der Waals surface area contributed by atoms with E-state index in [2.05, 4.69) is 4.99 Å². The molecule has 4 atom stereocenters. The van der Waals surface area contributed by atoms with Gasteiger partial charge in [0.1, 0.15) is 18.3 Å². The Bertz CT molecular complexity index is 371. The van der Waals surface area contributed by atoms with Crippen molar-refractivity contribution in [2.24, 2.45) is 10.7 Å². The van der Waals surface area contributed by atoms with E-state index in [-0.39, 0.29) is 36.1 Å². The number of hydrogen-bond donors (Lipinski definition) is 6. The van der Waals surface area contributed by atoms with Gasteiger partial charge in [-0.05, 0) is 25.3 Å². The minimum Gasteiger partial charge on any atom is -0.860 e. The summed E-state index contributed by atoms with van der Waals surface area (Å²) in [6.07, 6.45) is -3.14. The Hall–Kier alpha value is -0.260. The number of carbonyl (C=O) groups is 1. The number of carboxylic acids is 1. The first kappa shape index (κ1) is 26.0. The Morgan fingerprint density at radius 2 is 1.38 bits per heavy atom. The number of hydrogen-bond acceptors (Lipinski definition) is 8. The summed E-state index contributed by atoms with van der Waals surface area (Å²) in [5.74, 6) is -2.83. The molecular formula is C14H27N2NaO7. The molecule has 24 heavy (non-hydrogen) atoms. The van der Waals surface area contributed by atoms with Crippen LogP contribution in [0.2, 0.25) is 0 Å². The molecule has 0 unspecified atom stereocenters. The molecule has 0 aromatic rings. The molecule has 0 saturated carbocycles. The zero-order chi connectivity index (χ0) is 17.8. The maximum Gasteiger partial charge on any atom is 1.00 e. The number of rotatable bonds is 13. The molecule has 0 radical (unpaired) electrons. The molecule has 0 aromatic carbocycles. The monoisotopic (exact) mass is 358 g/mol.